The number of pyridine rings is 1. The van der Waals surface area contributed by atoms with E-state index in [1.165, 1.54) is 36.4 Å². The number of anilines is 2. The van der Waals surface area contributed by atoms with Crippen LogP contribution in [-0.4, -0.2) is 11.0 Å². The van der Waals surface area contributed by atoms with Gasteiger partial charge in [-0.15, -0.1) is 0 Å². The van der Waals surface area contributed by atoms with Crippen LogP contribution < -0.4 is 15.4 Å². The number of alkyl halides is 6. The lowest BCUT2D eigenvalue weighted by molar-refractivity contribution is -0.141. The SMILES string of the molecule is O=C(Nc1ccc(Oc2ccnc(C(F)(F)F)c2)cc1)Nc1cccc(C(F)(F)F)c1. The Labute approximate surface area is 171 Å². The lowest BCUT2D eigenvalue weighted by Crippen LogP contribution is -2.19. The Morgan fingerprint density at radius 1 is 0.774 bits per heavy atom. The van der Waals surface area contributed by atoms with Gasteiger partial charge in [-0.25, -0.2) is 4.79 Å². The van der Waals surface area contributed by atoms with Gasteiger partial charge in [0.2, 0.25) is 0 Å². The summed E-state index contributed by atoms with van der Waals surface area (Å²) in [5.41, 5.74) is -1.78. The van der Waals surface area contributed by atoms with E-state index in [1.54, 1.807) is 0 Å². The van der Waals surface area contributed by atoms with E-state index in [9.17, 15) is 31.1 Å². The van der Waals surface area contributed by atoms with Gasteiger partial charge in [0.25, 0.3) is 0 Å². The predicted molar refractivity (Wildman–Crippen MR) is 99.8 cm³/mol. The molecule has 3 aromatic rings. The molecule has 2 amide bonds. The highest BCUT2D eigenvalue weighted by Crippen LogP contribution is 2.32. The van der Waals surface area contributed by atoms with Crippen LogP contribution in [0.15, 0.2) is 66.9 Å². The Balaban J connectivity index is 1.61. The fourth-order valence-corrected chi connectivity index (χ4v) is 2.44. The van der Waals surface area contributed by atoms with E-state index in [1.807, 2.05) is 0 Å². The predicted octanol–water partition coefficient (Wildman–Crippen LogP) is 6.56. The first kappa shape index (κ1) is 21.9. The Hall–Kier alpha value is -3.76. The zero-order chi connectivity index (χ0) is 22.6. The van der Waals surface area contributed by atoms with Crippen LogP contribution in [0.1, 0.15) is 11.3 Å². The van der Waals surface area contributed by atoms with Crippen molar-refractivity contribution in [3.05, 3.63) is 78.1 Å². The number of carbonyl (C=O) groups is 1. The Morgan fingerprint density at radius 3 is 2.10 bits per heavy atom. The average molecular weight is 441 g/mol. The van der Waals surface area contributed by atoms with Crippen molar-refractivity contribution in [3.63, 3.8) is 0 Å². The maximum atomic E-state index is 12.7. The first-order valence-electron chi connectivity index (χ1n) is 8.57. The van der Waals surface area contributed by atoms with Gasteiger partial charge in [0.05, 0.1) is 5.56 Å². The Bertz CT molecular complexity index is 1070. The second kappa shape index (κ2) is 8.54. The van der Waals surface area contributed by atoms with Crippen molar-refractivity contribution >= 4 is 17.4 Å². The standard InChI is InChI=1S/C20H13F6N3O2/c21-19(22,23)12-2-1-3-14(10-12)29-18(30)28-13-4-6-15(7-5-13)31-16-8-9-27-17(11-16)20(24,25)26/h1-11H,(H2,28,29,30). The molecular weight excluding hydrogens is 428 g/mol. The summed E-state index contributed by atoms with van der Waals surface area (Å²) >= 11 is 0. The third-order valence-corrected chi connectivity index (χ3v) is 3.82. The summed E-state index contributed by atoms with van der Waals surface area (Å²) in [5, 5.41) is 4.71. The molecule has 0 aliphatic heterocycles. The molecule has 0 saturated carbocycles. The van der Waals surface area contributed by atoms with Crippen molar-refractivity contribution in [2.45, 2.75) is 12.4 Å². The van der Waals surface area contributed by atoms with Crippen molar-refractivity contribution in [1.82, 2.24) is 4.98 Å². The van der Waals surface area contributed by atoms with Crippen LogP contribution in [0.5, 0.6) is 11.5 Å². The minimum atomic E-state index is -4.61. The van der Waals surface area contributed by atoms with E-state index in [0.717, 1.165) is 30.5 Å². The third-order valence-electron chi connectivity index (χ3n) is 3.82. The van der Waals surface area contributed by atoms with Crippen molar-refractivity contribution in [2.75, 3.05) is 10.6 Å². The molecule has 0 atom stereocenters. The smallest absolute Gasteiger partial charge is 0.433 e. The topological polar surface area (TPSA) is 63.2 Å². The van der Waals surface area contributed by atoms with Crippen LogP contribution in [0.2, 0.25) is 0 Å². The lowest BCUT2D eigenvalue weighted by atomic mass is 10.2. The van der Waals surface area contributed by atoms with Gasteiger partial charge in [-0.2, -0.15) is 26.3 Å². The molecule has 3 rings (SSSR count). The highest BCUT2D eigenvalue weighted by Gasteiger charge is 2.33. The molecule has 1 heterocycles. The van der Waals surface area contributed by atoms with Crippen molar-refractivity contribution < 1.29 is 35.9 Å². The molecule has 0 spiro atoms. The molecule has 0 bridgehead atoms. The number of nitrogens with zero attached hydrogens (tertiary/aromatic N) is 1. The first-order chi connectivity index (χ1) is 14.5. The molecule has 162 valence electrons. The van der Waals surface area contributed by atoms with Crippen LogP contribution in [-0.2, 0) is 12.4 Å². The number of halogens is 6. The zero-order valence-corrected chi connectivity index (χ0v) is 15.4. The van der Waals surface area contributed by atoms with Crippen molar-refractivity contribution in [2.24, 2.45) is 0 Å². The van der Waals surface area contributed by atoms with E-state index in [0.29, 0.717) is 0 Å². The molecule has 11 heteroatoms. The summed E-state index contributed by atoms with van der Waals surface area (Å²) in [6.45, 7) is 0. The third kappa shape index (κ3) is 6.11. The van der Waals surface area contributed by atoms with Gasteiger partial charge >= 0.3 is 18.4 Å². The Kier molecular flexibility index (Phi) is 6.04. The molecule has 0 aliphatic rings. The molecule has 5 nitrogen and oxygen atoms in total. The first-order valence-corrected chi connectivity index (χ1v) is 8.57. The monoisotopic (exact) mass is 441 g/mol. The average Bonchev–Trinajstić information content (AvgIpc) is 2.68. The van der Waals surface area contributed by atoms with Gasteiger partial charge in [-0.3, -0.25) is 4.98 Å². The zero-order valence-electron chi connectivity index (χ0n) is 15.4. The summed E-state index contributed by atoms with van der Waals surface area (Å²) < 4.78 is 81.6. The second-order valence-electron chi connectivity index (χ2n) is 6.16. The summed E-state index contributed by atoms with van der Waals surface area (Å²) in [7, 11) is 0. The molecule has 0 fully saturated rings. The van der Waals surface area contributed by atoms with Gasteiger partial charge in [0.15, 0.2) is 0 Å². The molecule has 0 aliphatic carbocycles. The maximum Gasteiger partial charge on any atom is 0.433 e. The number of urea groups is 1. The summed E-state index contributed by atoms with van der Waals surface area (Å²) in [6.07, 6.45) is -8.19. The lowest BCUT2D eigenvalue weighted by Gasteiger charge is -2.12. The van der Waals surface area contributed by atoms with Gasteiger partial charge in [-0.1, -0.05) is 6.07 Å². The second-order valence-corrected chi connectivity index (χ2v) is 6.16. The van der Waals surface area contributed by atoms with Crippen LogP contribution in [0, 0.1) is 0 Å². The number of hydrogen-bond acceptors (Lipinski definition) is 3. The summed E-state index contributed by atoms with van der Waals surface area (Å²) in [4.78, 5) is 15.2. The fraction of sp³-hybridized carbons (Fsp3) is 0.100. The van der Waals surface area contributed by atoms with Crippen molar-refractivity contribution in [3.8, 4) is 11.5 Å². The number of nitrogens with one attached hydrogen (secondary N) is 2. The largest absolute Gasteiger partial charge is 0.457 e. The molecule has 0 unspecified atom stereocenters. The van der Waals surface area contributed by atoms with E-state index in [2.05, 4.69) is 15.6 Å². The highest BCUT2D eigenvalue weighted by molar-refractivity contribution is 5.99. The quantitative estimate of drug-likeness (QED) is 0.451. The van der Waals surface area contributed by atoms with E-state index < -0.39 is 29.6 Å². The fourth-order valence-electron chi connectivity index (χ4n) is 2.44. The van der Waals surface area contributed by atoms with Crippen molar-refractivity contribution in [1.29, 1.82) is 0 Å². The normalized spacial score (nSPS) is 11.7. The number of benzene rings is 2. The molecule has 2 aromatic carbocycles. The van der Waals surface area contributed by atoms with E-state index >= 15 is 0 Å². The number of rotatable bonds is 4. The minimum Gasteiger partial charge on any atom is -0.457 e. The summed E-state index contributed by atoms with van der Waals surface area (Å²) in [5.74, 6) is 0.119. The van der Waals surface area contributed by atoms with Crippen LogP contribution in [0.25, 0.3) is 0 Å². The number of aromatic nitrogens is 1. The number of ether oxygens (including phenoxy) is 1. The highest BCUT2D eigenvalue weighted by atomic mass is 19.4. The molecule has 2 N–H and O–H groups in total. The maximum absolute atomic E-state index is 12.7. The van der Waals surface area contributed by atoms with E-state index in [4.69, 9.17) is 4.74 Å². The number of hydrogen-bond donors (Lipinski definition) is 2. The molecule has 0 saturated heterocycles. The molecular formula is C20H13F6N3O2. The van der Waals surface area contributed by atoms with Gasteiger partial charge in [0.1, 0.15) is 17.2 Å². The molecule has 1 aromatic heterocycles. The number of carbonyl (C=O) groups excluding carboxylic acids is 1. The molecule has 31 heavy (non-hydrogen) atoms. The van der Waals surface area contributed by atoms with Gasteiger partial charge < -0.3 is 15.4 Å². The van der Waals surface area contributed by atoms with Crippen LogP contribution in [0.3, 0.4) is 0 Å². The van der Waals surface area contributed by atoms with Gasteiger partial charge in [0, 0.05) is 23.6 Å². The van der Waals surface area contributed by atoms with E-state index in [-0.39, 0.29) is 22.9 Å². The van der Waals surface area contributed by atoms with Crippen LogP contribution >= 0.6 is 0 Å². The summed E-state index contributed by atoms with van der Waals surface area (Å²) in [6, 6.07) is 11.0. The Morgan fingerprint density at radius 2 is 1.45 bits per heavy atom. The molecule has 0 radical (unpaired) electrons. The van der Waals surface area contributed by atoms with Gasteiger partial charge in [-0.05, 0) is 48.5 Å². The van der Waals surface area contributed by atoms with Crippen LogP contribution in [0.4, 0.5) is 42.5 Å². The minimum absolute atomic E-state index is 0.0505. The number of amides is 2.